The zero-order valence-electron chi connectivity index (χ0n) is 10.2. The van der Waals surface area contributed by atoms with E-state index in [0.29, 0.717) is 22.7 Å². The summed E-state index contributed by atoms with van der Waals surface area (Å²) in [4.78, 5) is 4.39. The van der Waals surface area contributed by atoms with Gasteiger partial charge in [0.1, 0.15) is 4.90 Å². The van der Waals surface area contributed by atoms with Crippen molar-refractivity contribution in [2.24, 2.45) is 0 Å². The monoisotopic (exact) mass is 303 g/mol. The molecule has 7 nitrogen and oxygen atoms in total. The van der Waals surface area contributed by atoms with Crippen molar-refractivity contribution in [2.45, 2.75) is 24.8 Å². The van der Waals surface area contributed by atoms with E-state index in [9.17, 15) is 8.42 Å². The topological polar surface area (TPSA) is 105 Å². The van der Waals surface area contributed by atoms with Gasteiger partial charge in [0.15, 0.2) is 5.82 Å². The predicted octanol–water partition coefficient (Wildman–Crippen LogP) is 0.453. The minimum atomic E-state index is -3.63. The summed E-state index contributed by atoms with van der Waals surface area (Å²) in [6, 6.07) is 0. The maximum absolute atomic E-state index is 12.1. The SMILES string of the molecule is Cc1csc(CO)c1S(=O)(=O)NCCc1ncon1. The lowest BCUT2D eigenvalue weighted by molar-refractivity contribution is 0.282. The fourth-order valence-electron chi connectivity index (χ4n) is 1.63. The van der Waals surface area contributed by atoms with Crippen LogP contribution in [-0.2, 0) is 23.1 Å². The average molecular weight is 303 g/mol. The molecular formula is C10H13N3O4S2. The van der Waals surface area contributed by atoms with Crippen LogP contribution in [0.1, 0.15) is 16.3 Å². The first-order chi connectivity index (χ1) is 9.04. The highest BCUT2D eigenvalue weighted by molar-refractivity contribution is 7.89. The van der Waals surface area contributed by atoms with Gasteiger partial charge in [0, 0.05) is 13.0 Å². The van der Waals surface area contributed by atoms with E-state index in [1.807, 2.05) is 0 Å². The number of aryl methyl sites for hydroxylation is 1. The molecule has 0 aliphatic heterocycles. The molecule has 0 atom stereocenters. The molecule has 2 heterocycles. The van der Waals surface area contributed by atoms with Gasteiger partial charge in [0.05, 0.1) is 11.5 Å². The highest BCUT2D eigenvalue weighted by atomic mass is 32.2. The van der Waals surface area contributed by atoms with Gasteiger partial charge in [-0.2, -0.15) is 4.98 Å². The summed E-state index contributed by atoms with van der Waals surface area (Å²) in [6.45, 7) is 1.57. The van der Waals surface area contributed by atoms with Gasteiger partial charge in [-0.3, -0.25) is 0 Å². The quantitative estimate of drug-likeness (QED) is 0.803. The molecule has 2 rings (SSSR count). The Morgan fingerprint density at radius 2 is 2.32 bits per heavy atom. The summed E-state index contributed by atoms with van der Waals surface area (Å²) in [5.74, 6) is 0.437. The number of nitrogens with one attached hydrogen (secondary N) is 1. The maximum atomic E-state index is 12.1. The van der Waals surface area contributed by atoms with E-state index in [2.05, 4.69) is 19.4 Å². The Morgan fingerprint density at radius 3 is 2.95 bits per heavy atom. The van der Waals surface area contributed by atoms with Gasteiger partial charge in [-0.05, 0) is 17.9 Å². The molecule has 9 heteroatoms. The molecule has 2 aromatic heterocycles. The second kappa shape index (κ2) is 5.78. The van der Waals surface area contributed by atoms with Crippen molar-refractivity contribution in [3.05, 3.63) is 28.0 Å². The molecule has 0 saturated carbocycles. The minimum absolute atomic E-state index is 0.160. The van der Waals surface area contributed by atoms with E-state index in [1.165, 1.54) is 17.7 Å². The third-order valence-electron chi connectivity index (χ3n) is 2.45. The summed E-state index contributed by atoms with van der Waals surface area (Å²) >= 11 is 1.23. The molecule has 0 unspecified atom stereocenters. The van der Waals surface area contributed by atoms with Crippen LogP contribution in [0.3, 0.4) is 0 Å². The fourth-order valence-corrected chi connectivity index (χ4v) is 4.32. The third kappa shape index (κ3) is 3.18. The smallest absolute Gasteiger partial charge is 0.242 e. The van der Waals surface area contributed by atoms with Crippen molar-refractivity contribution < 1.29 is 18.0 Å². The first-order valence-electron chi connectivity index (χ1n) is 5.47. The summed E-state index contributed by atoms with van der Waals surface area (Å²) in [7, 11) is -3.63. The molecule has 0 fully saturated rings. The molecule has 19 heavy (non-hydrogen) atoms. The Labute approximate surface area is 114 Å². The van der Waals surface area contributed by atoms with Crippen LogP contribution < -0.4 is 4.72 Å². The Kier molecular flexibility index (Phi) is 4.30. The number of aliphatic hydroxyl groups excluding tert-OH is 1. The summed E-state index contributed by atoms with van der Waals surface area (Å²) < 4.78 is 31.3. The van der Waals surface area contributed by atoms with Crippen LogP contribution in [0, 0.1) is 6.92 Å². The second-order valence-electron chi connectivity index (χ2n) is 3.82. The number of rotatable bonds is 6. The standard InChI is InChI=1S/C10H13N3O4S2/c1-7-5-18-8(4-14)10(7)19(15,16)12-3-2-9-11-6-17-13-9/h5-6,12,14H,2-4H2,1H3. The fraction of sp³-hybridized carbons (Fsp3) is 0.400. The van der Waals surface area contributed by atoms with Crippen molar-refractivity contribution >= 4 is 21.4 Å². The first-order valence-corrected chi connectivity index (χ1v) is 7.83. The lowest BCUT2D eigenvalue weighted by atomic mass is 10.3. The van der Waals surface area contributed by atoms with Gasteiger partial charge in [0.2, 0.25) is 16.4 Å². The Bertz CT molecular complexity index is 634. The predicted molar refractivity (Wildman–Crippen MR) is 68.2 cm³/mol. The van der Waals surface area contributed by atoms with E-state index in [0.717, 1.165) is 0 Å². The molecular weight excluding hydrogens is 290 g/mol. The molecule has 2 aromatic rings. The van der Waals surface area contributed by atoms with E-state index >= 15 is 0 Å². The Morgan fingerprint density at radius 1 is 1.53 bits per heavy atom. The average Bonchev–Trinajstić information content (AvgIpc) is 2.98. The normalized spacial score (nSPS) is 11.9. The van der Waals surface area contributed by atoms with Gasteiger partial charge >= 0.3 is 0 Å². The van der Waals surface area contributed by atoms with Crippen LogP contribution >= 0.6 is 11.3 Å². The van der Waals surface area contributed by atoms with Gasteiger partial charge in [-0.15, -0.1) is 11.3 Å². The number of aliphatic hydroxyl groups is 1. The first kappa shape index (κ1) is 14.1. The van der Waals surface area contributed by atoms with Crippen molar-refractivity contribution in [3.8, 4) is 0 Å². The number of hydrogen-bond donors (Lipinski definition) is 2. The van der Waals surface area contributed by atoms with Crippen molar-refractivity contribution in [3.63, 3.8) is 0 Å². The highest BCUT2D eigenvalue weighted by Crippen LogP contribution is 2.26. The maximum Gasteiger partial charge on any atom is 0.242 e. The lowest BCUT2D eigenvalue weighted by Gasteiger charge is -2.07. The number of nitrogens with zero attached hydrogens (tertiary/aromatic N) is 2. The van der Waals surface area contributed by atoms with E-state index in [-0.39, 0.29) is 18.0 Å². The molecule has 0 radical (unpaired) electrons. The zero-order valence-corrected chi connectivity index (χ0v) is 11.8. The van der Waals surface area contributed by atoms with Crippen molar-refractivity contribution in [1.82, 2.24) is 14.9 Å². The molecule has 0 spiro atoms. The molecule has 104 valence electrons. The molecule has 0 aliphatic rings. The molecule has 0 aliphatic carbocycles. The van der Waals surface area contributed by atoms with Crippen LogP contribution in [0.2, 0.25) is 0 Å². The van der Waals surface area contributed by atoms with Gasteiger partial charge < -0.3 is 9.63 Å². The highest BCUT2D eigenvalue weighted by Gasteiger charge is 2.22. The molecule has 0 amide bonds. The van der Waals surface area contributed by atoms with Crippen molar-refractivity contribution in [1.29, 1.82) is 0 Å². The third-order valence-corrected chi connectivity index (χ3v) is 5.36. The van der Waals surface area contributed by atoms with E-state index in [4.69, 9.17) is 5.11 Å². The van der Waals surface area contributed by atoms with Crippen LogP contribution in [0.15, 0.2) is 21.2 Å². The van der Waals surface area contributed by atoms with E-state index in [1.54, 1.807) is 12.3 Å². The van der Waals surface area contributed by atoms with Gasteiger partial charge in [0.25, 0.3) is 0 Å². The number of sulfonamides is 1. The minimum Gasteiger partial charge on any atom is -0.391 e. The molecule has 2 N–H and O–H groups in total. The zero-order chi connectivity index (χ0) is 13.9. The summed E-state index contributed by atoms with van der Waals surface area (Å²) in [5, 5.41) is 14.5. The second-order valence-corrected chi connectivity index (χ2v) is 6.49. The Hall–Kier alpha value is -1.29. The largest absolute Gasteiger partial charge is 0.391 e. The van der Waals surface area contributed by atoms with Crippen LogP contribution in [0.5, 0.6) is 0 Å². The molecule has 0 saturated heterocycles. The summed E-state index contributed by atoms with van der Waals surface area (Å²) in [5.41, 5.74) is 0.626. The van der Waals surface area contributed by atoms with Crippen molar-refractivity contribution in [2.75, 3.05) is 6.54 Å². The number of thiophene rings is 1. The number of aromatic nitrogens is 2. The van der Waals surface area contributed by atoms with Crippen LogP contribution in [-0.4, -0.2) is 30.2 Å². The molecule has 0 bridgehead atoms. The number of hydrogen-bond acceptors (Lipinski definition) is 7. The van der Waals surface area contributed by atoms with Gasteiger partial charge in [-0.25, -0.2) is 13.1 Å². The molecule has 0 aromatic carbocycles. The van der Waals surface area contributed by atoms with Gasteiger partial charge in [-0.1, -0.05) is 5.16 Å². The summed E-state index contributed by atoms with van der Waals surface area (Å²) in [6.07, 6.45) is 1.53. The Balaban J connectivity index is 2.07. The van der Waals surface area contributed by atoms with E-state index < -0.39 is 10.0 Å². The van der Waals surface area contributed by atoms with Crippen LogP contribution in [0.25, 0.3) is 0 Å². The van der Waals surface area contributed by atoms with Crippen LogP contribution in [0.4, 0.5) is 0 Å². The lowest BCUT2D eigenvalue weighted by Crippen LogP contribution is -2.27.